The molecular weight excluding hydrogens is 268 g/mol. The Balaban J connectivity index is 1.70. The van der Waals surface area contributed by atoms with E-state index in [0.717, 1.165) is 24.3 Å². The molecule has 0 aliphatic carbocycles. The molecule has 1 fully saturated rings. The summed E-state index contributed by atoms with van der Waals surface area (Å²) in [6, 6.07) is 9.97. The van der Waals surface area contributed by atoms with Gasteiger partial charge in [-0.3, -0.25) is 4.90 Å². The molecule has 21 heavy (non-hydrogen) atoms. The van der Waals surface area contributed by atoms with Crippen LogP contribution in [0.4, 0.5) is 0 Å². The number of ether oxygens (including phenoxy) is 1. The van der Waals surface area contributed by atoms with Gasteiger partial charge < -0.3 is 9.84 Å². The number of methoxy groups -OCH3 is 1. The van der Waals surface area contributed by atoms with Gasteiger partial charge in [0.15, 0.2) is 0 Å². The number of hydrogen-bond donors (Lipinski definition) is 1. The van der Waals surface area contributed by atoms with Gasteiger partial charge in [0.05, 0.1) is 30.3 Å². The Kier molecular flexibility index (Phi) is 4.28. The van der Waals surface area contributed by atoms with E-state index in [1.807, 2.05) is 30.3 Å². The fraction of sp³-hybridized carbons (Fsp3) is 0.467. The molecule has 1 aliphatic rings. The number of likely N-dealkylation sites (tertiary alicyclic amines) is 1. The molecule has 0 unspecified atom stereocenters. The highest BCUT2D eigenvalue weighted by Gasteiger charge is 2.31. The summed E-state index contributed by atoms with van der Waals surface area (Å²) in [5.41, 5.74) is 1.84. The molecule has 0 amide bonds. The second-order valence-electron chi connectivity index (χ2n) is 5.32. The second-order valence-corrected chi connectivity index (χ2v) is 5.32. The highest BCUT2D eigenvalue weighted by atomic mass is 16.5. The second kappa shape index (κ2) is 6.34. The predicted molar refractivity (Wildman–Crippen MR) is 78.1 cm³/mol. The van der Waals surface area contributed by atoms with Gasteiger partial charge in [-0.1, -0.05) is 18.2 Å². The lowest BCUT2D eigenvalue weighted by atomic mass is 10.2. The third-order valence-electron chi connectivity index (χ3n) is 3.93. The van der Waals surface area contributed by atoms with Crippen molar-refractivity contribution in [3.8, 4) is 5.69 Å². The van der Waals surface area contributed by atoms with Crippen molar-refractivity contribution in [3.63, 3.8) is 0 Å². The van der Waals surface area contributed by atoms with Crippen LogP contribution in [0.2, 0.25) is 0 Å². The number of aliphatic hydroxyl groups excluding tert-OH is 1. The molecule has 1 saturated heterocycles. The molecular formula is C15H20N4O2. The highest BCUT2D eigenvalue weighted by molar-refractivity contribution is 5.28. The minimum absolute atomic E-state index is 0.136. The molecule has 6 nitrogen and oxygen atoms in total. The van der Waals surface area contributed by atoms with E-state index in [0.29, 0.717) is 6.54 Å². The van der Waals surface area contributed by atoms with Gasteiger partial charge in [0.1, 0.15) is 0 Å². The quantitative estimate of drug-likeness (QED) is 0.883. The first-order chi connectivity index (χ1) is 10.3. The van der Waals surface area contributed by atoms with Gasteiger partial charge >= 0.3 is 0 Å². The summed E-state index contributed by atoms with van der Waals surface area (Å²) in [5, 5.41) is 18.3. The molecule has 1 aliphatic heterocycles. The van der Waals surface area contributed by atoms with Crippen LogP contribution in [-0.4, -0.2) is 57.4 Å². The van der Waals surface area contributed by atoms with E-state index in [1.165, 1.54) is 0 Å². The molecule has 2 heterocycles. The molecule has 0 spiro atoms. The normalized spacial score (nSPS) is 22.8. The summed E-state index contributed by atoms with van der Waals surface area (Å²) in [4.78, 5) is 3.83. The molecule has 2 atom stereocenters. The van der Waals surface area contributed by atoms with Gasteiger partial charge in [-0.05, 0) is 18.6 Å². The molecule has 1 aromatic carbocycles. The molecule has 0 bridgehead atoms. The van der Waals surface area contributed by atoms with Crippen LogP contribution in [0.25, 0.3) is 5.69 Å². The molecule has 2 aromatic rings. The van der Waals surface area contributed by atoms with Crippen molar-refractivity contribution in [2.45, 2.75) is 25.1 Å². The lowest BCUT2D eigenvalue weighted by molar-refractivity contribution is 0.107. The zero-order valence-electron chi connectivity index (χ0n) is 12.1. The fourth-order valence-electron chi connectivity index (χ4n) is 2.75. The van der Waals surface area contributed by atoms with Crippen molar-refractivity contribution >= 4 is 0 Å². The Labute approximate surface area is 124 Å². The maximum atomic E-state index is 9.47. The van der Waals surface area contributed by atoms with Crippen LogP contribution in [0.15, 0.2) is 36.5 Å². The van der Waals surface area contributed by atoms with E-state index in [-0.39, 0.29) is 18.8 Å². The van der Waals surface area contributed by atoms with Crippen LogP contribution in [0.3, 0.4) is 0 Å². The Hall–Kier alpha value is -1.76. The largest absolute Gasteiger partial charge is 0.395 e. The Morgan fingerprint density at radius 3 is 2.86 bits per heavy atom. The molecule has 3 rings (SSSR count). The first kappa shape index (κ1) is 14.2. The molecule has 1 N–H and O–H groups in total. The molecule has 112 valence electrons. The van der Waals surface area contributed by atoms with E-state index in [9.17, 15) is 5.11 Å². The topological polar surface area (TPSA) is 63.4 Å². The van der Waals surface area contributed by atoms with Crippen molar-refractivity contribution in [2.75, 3.05) is 20.3 Å². The molecule has 1 aromatic heterocycles. The standard InChI is InChI=1S/C15H20N4O2/c1-21-15-7-14(11-20)18(10-15)9-12-8-16-19(17-12)13-5-3-2-4-6-13/h2-6,8,14-15,20H,7,9-11H2,1H3/t14-,15-/m0/s1. The summed E-state index contributed by atoms with van der Waals surface area (Å²) < 4.78 is 5.39. The summed E-state index contributed by atoms with van der Waals surface area (Å²) in [6.07, 6.45) is 2.83. The minimum atomic E-state index is 0.136. The maximum Gasteiger partial charge on any atom is 0.0971 e. The van der Waals surface area contributed by atoms with Gasteiger partial charge in [0.2, 0.25) is 0 Å². The first-order valence-corrected chi connectivity index (χ1v) is 7.14. The molecule has 0 saturated carbocycles. The van der Waals surface area contributed by atoms with E-state index in [2.05, 4.69) is 15.1 Å². The average molecular weight is 288 g/mol. The van der Waals surface area contributed by atoms with Gasteiger partial charge in [0.25, 0.3) is 0 Å². The zero-order chi connectivity index (χ0) is 14.7. The van der Waals surface area contributed by atoms with E-state index < -0.39 is 0 Å². The number of benzene rings is 1. The van der Waals surface area contributed by atoms with Gasteiger partial charge in [0, 0.05) is 26.2 Å². The van der Waals surface area contributed by atoms with Crippen LogP contribution in [-0.2, 0) is 11.3 Å². The monoisotopic (exact) mass is 288 g/mol. The first-order valence-electron chi connectivity index (χ1n) is 7.14. The summed E-state index contributed by atoms with van der Waals surface area (Å²) in [6.45, 7) is 1.64. The predicted octanol–water partition coefficient (Wildman–Crippen LogP) is 0.849. The molecule has 6 heteroatoms. The fourth-order valence-corrected chi connectivity index (χ4v) is 2.75. The Bertz CT molecular complexity index is 572. The minimum Gasteiger partial charge on any atom is -0.395 e. The van der Waals surface area contributed by atoms with Gasteiger partial charge in [-0.2, -0.15) is 15.0 Å². The lowest BCUT2D eigenvalue weighted by Gasteiger charge is -2.20. The summed E-state index contributed by atoms with van der Waals surface area (Å²) >= 11 is 0. The Morgan fingerprint density at radius 2 is 2.14 bits per heavy atom. The third-order valence-corrected chi connectivity index (χ3v) is 3.93. The van der Waals surface area contributed by atoms with Crippen molar-refractivity contribution in [2.24, 2.45) is 0 Å². The average Bonchev–Trinajstić information content (AvgIpc) is 3.15. The van der Waals surface area contributed by atoms with E-state index in [1.54, 1.807) is 18.1 Å². The van der Waals surface area contributed by atoms with Crippen LogP contribution in [0.1, 0.15) is 12.1 Å². The number of aliphatic hydroxyl groups is 1. The van der Waals surface area contributed by atoms with E-state index >= 15 is 0 Å². The number of nitrogens with zero attached hydrogens (tertiary/aromatic N) is 4. The summed E-state index contributed by atoms with van der Waals surface area (Å²) in [5.74, 6) is 0. The SMILES string of the molecule is CO[C@H]1C[C@@H](CO)N(Cc2cnn(-c3ccccc3)n2)C1. The lowest BCUT2D eigenvalue weighted by Crippen LogP contribution is -2.32. The van der Waals surface area contributed by atoms with Crippen LogP contribution in [0.5, 0.6) is 0 Å². The molecule has 0 radical (unpaired) electrons. The third kappa shape index (κ3) is 3.12. The van der Waals surface area contributed by atoms with Gasteiger partial charge in [-0.25, -0.2) is 0 Å². The van der Waals surface area contributed by atoms with Crippen molar-refractivity contribution in [1.82, 2.24) is 19.9 Å². The van der Waals surface area contributed by atoms with Gasteiger partial charge in [-0.15, -0.1) is 0 Å². The highest BCUT2D eigenvalue weighted by Crippen LogP contribution is 2.21. The number of hydrogen-bond acceptors (Lipinski definition) is 5. The van der Waals surface area contributed by atoms with E-state index in [4.69, 9.17) is 4.74 Å². The number of para-hydroxylation sites is 1. The Morgan fingerprint density at radius 1 is 1.33 bits per heavy atom. The maximum absolute atomic E-state index is 9.47. The van der Waals surface area contributed by atoms with Crippen molar-refractivity contribution in [3.05, 3.63) is 42.2 Å². The summed E-state index contributed by atoms with van der Waals surface area (Å²) in [7, 11) is 1.72. The number of rotatable bonds is 5. The van der Waals surface area contributed by atoms with Crippen molar-refractivity contribution < 1.29 is 9.84 Å². The van der Waals surface area contributed by atoms with Crippen molar-refractivity contribution in [1.29, 1.82) is 0 Å². The smallest absolute Gasteiger partial charge is 0.0971 e. The van der Waals surface area contributed by atoms with Crippen LogP contribution >= 0.6 is 0 Å². The van der Waals surface area contributed by atoms with Crippen LogP contribution in [0, 0.1) is 0 Å². The number of aromatic nitrogens is 3. The zero-order valence-corrected chi connectivity index (χ0v) is 12.1. The van der Waals surface area contributed by atoms with Crippen LogP contribution < -0.4 is 0 Å².